The summed E-state index contributed by atoms with van der Waals surface area (Å²) in [6.07, 6.45) is 6.93. The van der Waals surface area contributed by atoms with Crippen LogP contribution in [-0.2, 0) is 13.5 Å². The second-order valence-electron chi connectivity index (χ2n) is 2.70. The molecule has 66 valence electrons. The maximum absolute atomic E-state index is 5.36. The number of rotatable bonds is 3. The Labute approximate surface area is 72.9 Å². The maximum atomic E-state index is 5.36. The van der Waals surface area contributed by atoms with E-state index in [4.69, 9.17) is 5.73 Å². The molecule has 1 aromatic rings. The molecule has 3 heteroatoms. The number of hydrogen-bond donors (Lipinski definition) is 1. The van der Waals surface area contributed by atoms with Crippen molar-refractivity contribution in [3.63, 3.8) is 0 Å². The van der Waals surface area contributed by atoms with Crippen molar-refractivity contribution in [2.75, 3.05) is 6.54 Å². The molecule has 0 amide bonds. The third-order valence-corrected chi connectivity index (χ3v) is 1.71. The molecule has 0 saturated carbocycles. The van der Waals surface area contributed by atoms with Crippen molar-refractivity contribution in [2.45, 2.75) is 13.3 Å². The summed E-state index contributed by atoms with van der Waals surface area (Å²) in [5.41, 5.74) is 7.66. The number of nitrogens with two attached hydrogens (primary N) is 1. The number of aromatic nitrogens is 2. The van der Waals surface area contributed by atoms with Gasteiger partial charge >= 0.3 is 0 Å². The molecule has 0 spiro atoms. The van der Waals surface area contributed by atoms with E-state index in [0.29, 0.717) is 6.54 Å². The molecule has 1 rings (SSSR count). The monoisotopic (exact) mass is 165 g/mol. The van der Waals surface area contributed by atoms with Gasteiger partial charge in [-0.05, 0) is 6.42 Å². The average Bonchev–Trinajstić information content (AvgIpc) is 2.42. The Morgan fingerprint density at radius 3 is 3.00 bits per heavy atom. The van der Waals surface area contributed by atoms with Crippen molar-refractivity contribution in [3.05, 3.63) is 23.5 Å². The van der Waals surface area contributed by atoms with E-state index in [2.05, 4.69) is 12.0 Å². The van der Waals surface area contributed by atoms with Gasteiger partial charge in [0.15, 0.2) is 0 Å². The lowest BCUT2D eigenvalue weighted by Gasteiger charge is -1.89. The predicted octanol–water partition coefficient (Wildman–Crippen LogP) is 0.954. The largest absolute Gasteiger partial charge is 0.327 e. The molecule has 1 heterocycles. The van der Waals surface area contributed by atoms with Crippen LogP contribution in [0.1, 0.15) is 18.2 Å². The first-order valence-electron chi connectivity index (χ1n) is 4.17. The Morgan fingerprint density at radius 2 is 2.42 bits per heavy atom. The molecule has 0 unspecified atom stereocenters. The van der Waals surface area contributed by atoms with Gasteiger partial charge in [0, 0.05) is 25.4 Å². The predicted molar refractivity (Wildman–Crippen MR) is 50.7 cm³/mol. The van der Waals surface area contributed by atoms with Gasteiger partial charge in [-0.25, -0.2) is 0 Å². The molecule has 0 aliphatic heterocycles. The SMILES string of the molecule is CCc1nn(C)cc1/C=C/CN. The Balaban J connectivity index is 2.89. The van der Waals surface area contributed by atoms with Crippen LogP contribution in [0.2, 0.25) is 0 Å². The highest BCUT2D eigenvalue weighted by Gasteiger charge is 2.00. The Hall–Kier alpha value is -1.09. The summed E-state index contributed by atoms with van der Waals surface area (Å²) in [6, 6.07) is 0. The fourth-order valence-electron chi connectivity index (χ4n) is 1.16. The van der Waals surface area contributed by atoms with E-state index in [0.717, 1.165) is 12.1 Å². The van der Waals surface area contributed by atoms with E-state index in [1.54, 1.807) is 0 Å². The van der Waals surface area contributed by atoms with Crippen LogP contribution >= 0.6 is 0 Å². The van der Waals surface area contributed by atoms with Crippen LogP contribution in [-0.4, -0.2) is 16.3 Å². The van der Waals surface area contributed by atoms with Crippen LogP contribution in [0.5, 0.6) is 0 Å². The van der Waals surface area contributed by atoms with Crippen LogP contribution in [0, 0.1) is 0 Å². The van der Waals surface area contributed by atoms with E-state index in [-0.39, 0.29) is 0 Å². The zero-order valence-electron chi connectivity index (χ0n) is 7.62. The summed E-state index contributed by atoms with van der Waals surface area (Å²) in [4.78, 5) is 0. The fourth-order valence-corrected chi connectivity index (χ4v) is 1.16. The molecule has 0 bridgehead atoms. The van der Waals surface area contributed by atoms with E-state index < -0.39 is 0 Å². The molecule has 0 saturated heterocycles. The highest BCUT2D eigenvalue weighted by atomic mass is 15.2. The quantitative estimate of drug-likeness (QED) is 0.724. The van der Waals surface area contributed by atoms with Crippen LogP contribution in [0.3, 0.4) is 0 Å². The van der Waals surface area contributed by atoms with E-state index >= 15 is 0 Å². The van der Waals surface area contributed by atoms with E-state index in [1.807, 2.05) is 30.1 Å². The molecule has 0 aliphatic rings. The minimum Gasteiger partial charge on any atom is -0.327 e. The molecule has 2 N–H and O–H groups in total. The molecule has 1 aromatic heterocycles. The Bertz CT molecular complexity index is 273. The summed E-state index contributed by atoms with van der Waals surface area (Å²) < 4.78 is 1.83. The summed E-state index contributed by atoms with van der Waals surface area (Å²) in [7, 11) is 1.93. The third kappa shape index (κ3) is 1.95. The average molecular weight is 165 g/mol. The fraction of sp³-hybridized carbons (Fsp3) is 0.444. The summed E-state index contributed by atoms with van der Waals surface area (Å²) in [5, 5.41) is 4.31. The molecule has 3 nitrogen and oxygen atoms in total. The zero-order valence-corrected chi connectivity index (χ0v) is 7.62. The van der Waals surface area contributed by atoms with Gasteiger partial charge in [0.1, 0.15) is 0 Å². The van der Waals surface area contributed by atoms with Gasteiger partial charge in [-0.1, -0.05) is 19.1 Å². The molecule has 0 atom stereocenters. The van der Waals surface area contributed by atoms with Gasteiger partial charge in [0.25, 0.3) is 0 Å². The van der Waals surface area contributed by atoms with Gasteiger partial charge in [-0.15, -0.1) is 0 Å². The van der Waals surface area contributed by atoms with Crippen molar-refractivity contribution < 1.29 is 0 Å². The molecule has 0 aromatic carbocycles. The van der Waals surface area contributed by atoms with Crippen LogP contribution in [0.15, 0.2) is 12.3 Å². The molecule has 12 heavy (non-hydrogen) atoms. The van der Waals surface area contributed by atoms with Crippen LogP contribution in [0.4, 0.5) is 0 Å². The second kappa shape index (κ2) is 4.07. The minimum atomic E-state index is 0.581. The first-order chi connectivity index (χ1) is 5.77. The normalized spacial score (nSPS) is 11.2. The van der Waals surface area contributed by atoms with Crippen molar-refractivity contribution >= 4 is 6.08 Å². The second-order valence-corrected chi connectivity index (χ2v) is 2.70. The minimum absolute atomic E-state index is 0.581. The van der Waals surface area contributed by atoms with Crippen LogP contribution < -0.4 is 5.73 Å². The van der Waals surface area contributed by atoms with Crippen LogP contribution in [0.25, 0.3) is 6.08 Å². The van der Waals surface area contributed by atoms with Gasteiger partial charge in [0.2, 0.25) is 0 Å². The number of aryl methyl sites for hydroxylation is 2. The third-order valence-electron chi connectivity index (χ3n) is 1.71. The smallest absolute Gasteiger partial charge is 0.0693 e. The van der Waals surface area contributed by atoms with Crippen molar-refractivity contribution in [2.24, 2.45) is 12.8 Å². The lowest BCUT2D eigenvalue weighted by Crippen LogP contribution is -1.92. The molecule has 0 radical (unpaired) electrons. The summed E-state index contributed by atoms with van der Waals surface area (Å²) in [6.45, 7) is 2.68. The first-order valence-corrected chi connectivity index (χ1v) is 4.17. The van der Waals surface area contributed by atoms with Crippen molar-refractivity contribution in [3.8, 4) is 0 Å². The Morgan fingerprint density at radius 1 is 1.67 bits per heavy atom. The van der Waals surface area contributed by atoms with Gasteiger partial charge in [-0.3, -0.25) is 4.68 Å². The highest BCUT2D eigenvalue weighted by molar-refractivity contribution is 5.50. The van der Waals surface area contributed by atoms with Gasteiger partial charge in [0.05, 0.1) is 5.69 Å². The van der Waals surface area contributed by atoms with Crippen molar-refractivity contribution in [1.29, 1.82) is 0 Å². The highest BCUT2D eigenvalue weighted by Crippen LogP contribution is 2.08. The molecule has 0 aliphatic carbocycles. The van der Waals surface area contributed by atoms with E-state index in [9.17, 15) is 0 Å². The van der Waals surface area contributed by atoms with Crippen molar-refractivity contribution in [1.82, 2.24) is 9.78 Å². The maximum Gasteiger partial charge on any atom is 0.0693 e. The first kappa shape index (κ1) is 9.00. The lowest BCUT2D eigenvalue weighted by atomic mass is 10.2. The summed E-state index contributed by atoms with van der Waals surface area (Å²) >= 11 is 0. The molecular weight excluding hydrogens is 150 g/mol. The molecular formula is C9H15N3. The zero-order chi connectivity index (χ0) is 8.97. The standard InChI is InChI=1S/C9H15N3/c1-3-9-8(5-4-6-10)7-12(2)11-9/h4-5,7H,3,6,10H2,1-2H3/b5-4+. The Kier molecular flexibility index (Phi) is 3.05. The molecule has 0 fully saturated rings. The number of hydrogen-bond acceptors (Lipinski definition) is 2. The topological polar surface area (TPSA) is 43.8 Å². The van der Waals surface area contributed by atoms with Gasteiger partial charge in [-0.2, -0.15) is 5.10 Å². The lowest BCUT2D eigenvalue weighted by molar-refractivity contribution is 0.746. The van der Waals surface area contributed by atoms with Gasteiger partial charge < -0.3 is 5.73 Å². The number of nitrogens with zero attached hydrogens (tertiary/aromatic N) is 2. The summed E-state index contributed by atoms with van der Waals surface area (Å²) in [5.74, 6) is 0. The van der Waals surface area contributed by atoms with E-state index in [1.165, 1.54) is 5.56 Å².